The molecule has 1 heterocycles. The summed E-state index contributed by atoms with van der Waals surface area (Å²) in [5.74, 6) is 0.120. The lowest BCUT2D eigenvalue weighted by molar-refractivity contribution is -0.118. The van der Waals surface area contributed by atoms with Crippen molar-refractivity contribution in [1.82, 2.24) is 20.1 Å². The highest BCUT2D eigenvalue weighted by Crippen LogP contribution is 2.21. The molecule has 1 aromatic heterocycles. The van der Waals surface area contributed by atoms with Crippen molar-refractivity contribution < 1.29 is 4.79 Å². The largest absolute Gasteiger partial charge is 0.351 e. The molecule has 0 aliphatic carbocycles. The highest BCUT2D eigenvalue weighted by atomic mass is 35.5. The maximum absolute atomic E-state index is 12.1. The lowest BCUT2D eigenvalue weighted by Crippen LogP contribution is -2.24. The molecule has 1 N–H and O–H groups in total. The Morgan fingerprint density at radius 1 is 1.16 bits per heavy atom. The first-order valence-electron chi connectivity index (χ1n) is 7.42. The Balaban J connectivity index is 1.56. The molecule has 0 unspecified atom stereocenters. The van der Waals surface area contributed by atoms with E-state index in [2.05, 4.69) is 15.5 Å². The smallest absolute Gasteiger partial charge is 0.230 e. The molecule has 2 aromatic carbocycles. The predicted octanol–water partition coefficient (Wildman–Crippen LogP) is 3.98. The zero-order valence-electron chi connectivity index (χ0n) is 13.0. The average Bonchev–Trinajstić information content (AvgIpc) is 3.08. The fourth-order valence-electron chi connectivity index (χ4n) is 2.13. The van der Waals surface area contributed by atoms with Gasteiger partial charge in [-0.15, -0.1) is 10.2 Å². The minimum atomic E-state index is -0.112. The van der Waals surface area contributed by atoms with Gasteiger partial charge in [-0.25, -0.2) is 0 Å². The van der Waals surface area contributed by atoms with Gasteiger partial charge in [0.15, 0.2) is 5.16 Å². The van der Waals surface area contributed by atoms with E-state index in [9.17, 15) is 4.79 Å². The first-order chi connectivity index (χ1) is 12.1. The first-order valence-corrected chi connectivity index (χ1v) is 9.16. The van der Waals surface area contributed by atoms with Gasteiger partial charge >= 0.3 is 0 Å². The maximum atomic E-state index is 12.1. The molecular weight excluding hydrogens is 379 g/mol. The van der Waals surface area contributed by atoms with E-state index in [-0.39, 0.29) is 11.7 Å². The summed E-state index contributed by atoms with van der Waals surface area (Å²) < 4.78 is 1.84. The van der Waals surface area contributed by atoms with Gasteiger partial charge in [0, 0.05) is 22.3 Å². The summed E-state index contributed by atoms with van der Waals surface area (Å²) >= 11 is 13.3. The van der Waals surface area contributed by atoms with Crippen LogP contribution in [-0.2, 0) is 11.3 Å². The van der Waals surface area contributed by atoms with E-state index < -0.39 is 0 Å². The number of thioether (sulfide) groups is 1. The van der Waals surface area contributed by atoms with Crippen LogP contribution in [0.5, 0.6) is 0 Å². The molecule has 0 radical (unpaired) electrons. The van der Waals surface area contributed by atoms with Crippen molar-refractivity contribution in [1.29, 1.82) is 0 Å². The molecule has 8 heteroatoms. The summed E-state index contributed by atoms with van der Waals surface area (Å²) in [7, 11) is 0. The van der Waals surface area contributed by atoms with Crippen LogP contribution in [0.3, 0.4) is 0 Å². The molecule has 0 bridgehead atoms. The monoisotopic (exact) mass is 392 g/mol. The maximum Gasteiger partial charge on any atom is 0.230 e. The average molecular weight is 393 g/mol. The molecule has 1 amide bonds. The molecular formula is C17H14Cl2N4OS. The van der Waals surface area contributed by atoms with Crippen LogP contribution in [0, 0.1) is 0 Å². The van der Waals surface area contributed by atoms with Crippen LogP contribution in [0.2, 0.25) is 10.0 Å². The van der Waals surface area contributed by atoms with E-state index >= 15 is 0 Å². The van der Waals surface area contributed by atoms with Crippen LogP contribution in [0.4, 0.5) is 0 Å². The van der Waals surface area contributed by atoms with Gasteiger partial charge in [-0.2, -0.15) is 0 Å². The highest BCUT2D eigenvalue weighted by Gasteiger charge is 2.10. The Morgan fingerprint density at radius 3 is 2.72 bits per heavy atom. The number of rotatable bonds is 6. The Bertz CT molecular complexity index is 870. The normalized spacial score (nSPS) is 10.6. The van der Waals surface area contributed by atoms with Crippen molar-refractivity contribution >= 4 is 40.9 Å². The highest BCUT2D eigenvalue weighted by molar-refractivity contribution is 7.99. The lowest BCUT2D eigenvalue weighted by Gasteiger charge is -2.08. The van der Waals surface area contributed by atoms with Crippen LogP contribution < -0.4 is 5.32 Å². The van der Waals surface area contributed by atoms with Gasteiger partial charge in [0.2, 0.25) is 5.91 Å². The number of carbonyl (C=O) groups excluding carboxylic acids is 1. The summed E-state index contributed by atoms with van der Waals surface area (Å²) in [6.07, 6.45) is 1.63. The fourth-order valence-corrected chi connectivity index (χ4v) is 3.36. The molecule has 3 aromatic rings. The van der Waals surface area contributed by atoms with E-state index in [1.807, 2.05) is 34.9 Å². The molecule has 0 atom stereocenters. The molecule has 0 saturated carbocycles. The van der Waals surface area contributed by atoms with Crippen molar-refractivity contribution in [2.24, 2.45) is 0 Å². The topological polar surface area (TPSA) is 59.8 Å². The number of carbonyl (C=O) groups is 1. The van der Waals surface area contributed by atoms with Crippen molar-refractivity contribution in [2.75, 3.05) is 5.75 Å². The van der Waals surface area contributed by atoms with E-state index in [1.165, 1.54) is 11.8 Å². The van der Waals surface area contributed by atoms with Gasteiger partial charge in [-0.05, 0) is 29.8 Å². The number of nitrogens with zero attached hydrogens (tertiary/aromatic N) is 3. The van der Waals surface area contributed by atoms with Crippen LogP contribution in [0.1, 0.15) is 5.56 Å². The molecule has 128 valence electrons. The Labute approximate surface area is 159 Å². The van der Waals surface area contributed by atoms with E-state index in [0.717, 1.165) is 11.3 Å². The molecule has 25 heavy (non-hydrogen) atoms. The summed E-state index contributed by atoms with van der Waals surface area (Å²) in [4.78, 5) is 12.1. The van der Waals surface area contributed by atoms with Gasteiger partial charge in [0.05, 0.1) is 5.75 Å². The number of nitrogens with one attached hydrogen (secondary N) is 1. The number of hydrogen-bond acceptors (Lipinski definition) is 4. The molecule has 0 saturated heterocycles. The second-order valence-electron chi connectivity index (χ2n) is 5.12. The molecule has 3 rings (SSSR count). The van der Waals surface area contributed by atoms with E-state index in [0.29, 0.717) is 21.7 Å². The minimum Gasteiger partial charge on any atom is -0.351 e. The summed E-state index contributed by atoms with van der Waals surface area (Å²) in [6.45, 7) is 0.348. The minimum absolute atomic E-state index is 0.112. The number of amides is 1. The Morgan fingerprint density at radius 2 is 1.96 bits per heavy atom. The zero-order chi connectivity index (χ0) is 17.6. The summed E-state index contributed by atoms with van der Waals surface area (Å²) in [6, 6.07) is 14.9. The second-order valence-corrected chi connectivity index (χ2v) is 6.91. The van der Waals surface area contributed by atoms with Crippen molar-refractivity contribution in [2.45, 2.75) is 11.7 Å². The second kappa shape index (κ2) is 8.38. The van der Waals surface area contributed by atoms with Crippen molar-refractivity contribution in [3.05, 3.63) is 70.5 Å². The Hall–Kier alpha value is -2.02. The summed E-state index contributed by atoms with van der Waals surface area (Å²) in [5, 5.41) is 12.6. The quantitative estimate of drug-likeness (QED) is 0.644. The van der Waals surface area contributed by atoms with Gasteiger partial charge in [0.1, 0.15) is 6.33 Å². The SMILES string of the molecule is O=C(CSc1nncn1-c1ccccc1)NCc1ccc(Cl)cc1Cl. The third-order valence-electron chi connectivity index (χ3n) is 3.37. The molecule has 0 spiro atoms. The Kier molecular flexibility index (Phi) is 5.96. The number of benzene rings is 2. The van der Waals surface area contributed by atoms with Crippen LogP contribution in [-0.4, -0.2) is 26.4 Å². The zero-order valence-corrected chi connectivity index (χ0v) is 15.4. The van der Waals surface area contributed by atoms with Gasteiger partial charge in [-0.1, -0.05) is 59.2 Å². The van der Waals surface area contributed by atoms with Crippen LogP contribution in [0.15, 0.2) is 60.0 Å². The third-order valence-corrected chi connectivity index (χ3v) is 4.90. The van der Waals surface area contributed by atoms with E-state index in [1.54, 1.807) is 24.5 Å². The molecule has 5 nitrogen and oxygen atoms in total. The van der Waals surface area contributed by atoms with Gasteiger partial charge in [0.25, 0.3) is 0 Å². The molecule has 0 fully saturated rings. The lowest BCUT2D eigenvalue weighted by atomic mass is 10.2. The van der Waals surface area contributed by atoms with Crippen molar-refractivity contribution in [3.63, 3.8) is 0 Å². The predicted molar refractivity (Wildman–Crippen MR) is 100 cm³/mol. The fraction of sp³-hybridized carbons (Fsp3) is 0.118. The number of halogens is 2. The molecule has 0 aliphatic heterocycles. The van der Waals surface area contributed by atoms with Crippen molar-refractivity contribution in [3.8, 4) is 5.69 Å². The van der Waals surface area contributed by atoms with Crippen LogP contribution in [0.25, 0.3) is 5.69 Å². The number of para-hydroxylation sites is 1. The van der Waals surface area contributed by atoms with Gasteiger partial charge < -0.3 is 5.32 Å². The standard InChI is InChI=1S/C17H14Cl2N4OS/c18-13-7-6-12(15(19)8-13)9-20-16(24)10-25-17-22-21-11-23(17)14-4-2-1-3-5-14/h1-8,11H,9-10H2,(H,20,24). The summed E-state index contributed by atoms with van der Waals surface area (Å²) in [5.41, 5.74) is 1.76. The number of hydrogen-bond donors (Lipinski definition) is 1. The van der Waals surface area contributed by atoms with Gasteiger partial charge in [-0.3, -0.25) is 9.36 Å². The van der Waals surface area contributed by atoms with E-state index in [4.69, 9.17) is 23.2 Å². The third kappa shape index (κ3) is 4.75. The molecule has 0 aliphatic rings. The number of aromatic nitrogens is 3. The first kappa shape index (κ1) is 17.8. The van der Waals surface area contributed by atoms with Crippen LogP contribution >= 0.6 is 35.0 Å².